The second-order valence-electron chi connectivity index (χ2n) is 6.05. The molecule has 0 atom stereocenters. The molecule has 0 aliphatic heterocycles. The largest absolute Gasteiger partial charge is 0.306 e. The maximum atomic E-state index is 10.8. The van der Waals surface area contributed by atoms with Crippen LogP contribution in [-0.4, -0.2) is 19.7 Å². The minimum absolute atomic E-state index is 0.0911. The molecule has 3 rings (SSSR count). The van der Waals surface area contributed by atoms with E-state index in [1.165, 1.54) is 12.1 Å². The number of non-ortho nitro benzene ring substituents is 1. The number of thioether (sulfide) groups is 2. The van der Waals surface area contributed by atoms with Crippen LogP contribution in [0.1, 0.15) is 23.9 Å². The van der Waals surface area contributed by atoms with Crippen molar-refractivity contribution in [3.05, 3.63) is 79.6 Å². The molecule has 0 saturated carbocycles. The average Bonchev–Trinajstić information content (AvgIpc) is 3.10. The Morgan fingerprint density at radius 2 is 1.72 bits per heavy atom. The van der Waals surface area contributed by atoms with Crippen LogP contribution in [0.3, 0.4) is 0 Å². The van der Waals surface area contributed by atoms with Gasteiger partial charge in [0.2, 0.25) is 0 Å². The van der Waals surface area contributed by atoms with Gasteiger partial charge in [0.25, 0.3) is 5.69 Å². The van der Waals surface area contributed by atoms with Crippen LogP contribution in [0.5, 0.6) is 0 Å². The van der Waals surface area contributed by atoms with E-state index in [4.69, 9.17) is 23.2 Å². The zero-order valence-electron chi connectivity index (χ0n) is 15.5. The Balaban J connectivity index is 1.60. The van der Waals surface area contributed by atoms with Crippen molar-refractivity contribution < 1.29 is 4.92 Å². The first kappa shape index (κ1) is 22.0. The van der Waals surface area contributed by atoms with E-state index >= 15 is 0 Å². The fourth-order valence-electron chi connectivity index (χ4n) is 2.63. The number of halogens is 2. The molecule has 1 heterocycles. The van der Waals surface area contributed by atoms with Gasteiger partial charge in [0, 0.05) is 40.2 Å². The van der Waals surface area contributed by atoms with Crippen molar-refractivity contribution in [1.82, 2.24) is 14.8 Å². The van der Waals surface area contributed by atoms with Crippen molar-refractivity contribution in [3.63, 3.8) is 0 Å². The molecular weight excluding hydrogens is 451 g/mol. The molecule has 0 unspecified atom stereocenters. The van der Waals surface area contributed by atoms with Crippen LogP contribution in [0, 0.1) is 10.1 Å². The average molecular weight is 469 g/mol. The number of hydrogen-bond acceptors (Lipinski definition) is 6. The fourth-order valence-corrected chi connectivity index (χ4v) is 5.31. The third-order valence-corrected chi connectivity index (χ3v) is 6.87. The summed E-state index contributed by atoms with van der Waals surface area (Å²) >= 11 is 15.7. The molecule has 0 aliphatic carbocycles. The van der Waals surface area contributed by atoms with Crippen LogP contribution in [0.25, 0.3) is 0 Å². The minimum Gasteiger partial charge on any atom is -0.306 e. The number of benzene rings is 2. The lowest BCUT2D eigenvalue weighted by Crippen LogP contribution is -2.02. The second kappa shape index (κ2) is 10.3. The fraction of sp³-hybridized carbons (Fsp3) is 0.263. The van der Waals surface area contributed by atoms with Gasteiger partial charge in [-0.05, 0) is 30.2 Å². The van der Waals surface area contributed by atoms with E-state index in [2.05, 4.69) is 21.7 Å². The lowest BCUT2D eigenvalue weighted by Gasteiger charge is -2.09. The van der Waals surface area contributed by atoms with Gasteiger partial charge in [-0.15, -0.1) is 22.0 Å². The van der Waals surface area contributed by atoms with E-state index in [9.17, 15) is 10.1 Å². The number of nitro groups is 1. The summed E-state index contributed by atoms with van der Waals surface area (Å²) in [7, 11) is 0. The lowest BCUT2D eigenvalue weighted by molar-refractivity contribution is -0.384. The number of rotatable bonds is 9. The van der Waals surface area contributed by atoms with Crippen LogP contribution >= 0.6 is 46.7 Å². The summed E-state index contributed by atoms with van der Waals surface area (Å²) in [6, 6.07) is 12.1. The minimum atomic E-state index is -0.398. The van der Waals surface area contributed by atoms with Crippen molar-refractivity contribution >= 4 is 52.4 Å². The maximum Gasteiger partial charge on any atom is 0.269 e. The highest BCUT2D eigenvalue weighted by Crippen LogP contribution is 2.30. The van der Waals surface area contributed by atoms with Gasteiger partial charge in [-0.25, -0.2) is 0 Å². The predicted octanol–water partition coefficient (Wildman–Crippen LogP) is 6.24. The lowest BCUT2D eigenvalue weighted by atomic mass is 10.2. The molecule has 3 aromatic rings. The summed E-state index contributed by atoms with van der Waals surface area (Å²) in [4.78, 5) is 10.4. The summed E-state index contributed by atoms with van der Waals surface area (Å²) in [5.74, 6) is 2.95. The van der Waals surface area contributed by atoms with Crippen LogP contribution < -0.4 is 0 Å². The summed E-state index contributed by atoms with van der Waals surface area (Å²) < 4.78 is 2.08. The molecule has 6 nitrogen and oxygen atoms in total. The van der Waals surface area contributed by atoms with Gasteiger partial charge in [-0.2, -0.15) is 0 Å². The Morgan fingerprint density at radius 3 is 2.34 bits per heavy atom. The number of aromatic nitrogens is 3. The highest BCUT2D eigenvalue weighted by molar-refractivity contribution is 7.98. The molecular formula is C19H18Cl2N4O2S2. The van der Waals surface area contributed by atoms with Gasteiger partial charge in [0.15, 0.2) is 5.16 Å². The molecule has 0 radical (unpaired) electrons. The SMILES string of the molecule is CCn1c(CSCc2c(Cl)cccc2Cl)nnc1SCc1ccc([N+](=O)[O-])cc1. The highest BCUT2D eigenvalue weighted by atomic mass is 35.5. The van der Waals surface area contributed by atoms with Crippen LogP contribution in [-0.2, 0) is 23.8 Å². The van der Waals surface area contributed by atoms with Gasteiger partial charge in [0.05, 0.1) is 10.7 Å². The summed E-state index contributed by atoms with van der Waals surface area (Å²) in [5, 5.41) is 21.6. The van der Waals surface area contributed by atoms with Gasteiger partial charge in [-0.3, -0.25) is 10.1 Å². The molecule has 10 heteroatoms. The molecule has 0 aliphatic rings. The number of nitrogens with zero attached hydrogens (tertiary/aromatic N) is 4. The van der Waals surface area contributed by atoms with Gasteiger partial charge >= 0.3 is 0 Å². The first-order valence-corrected chi connectivity index (χ1v) is 11.7. The molecule has 0 saturated heterocycles. The zero-order valence-corrected chi connectivity index (χ0v) is 18.7. The Kier molecular flexibility index (Phi) is 7.83. The van der Waals surface area contributed by atoms with E-state index in [0.29, 0.717) is 27.3 Å². The first-order chi connectivity index (χ1) is 14.0. The van der Waals surface area contributed by atoms with Crippen LogP contribution in [0.2, 0.25) is 10.0 Å². The van der Waals surface area contributed by atoms with E-state index in [0.717, 1.165) is 28.7 Å². The van der Waals surface area contributed by atoms with Crippen molar-refractivity contribution in [2.45, 2.75) is 35.9 Å². The van der Waals surface area contributed by atoms with Crippen LogP contribution in [0.15, 0.2) is 47.6 Å². The summed E-state index contributed by atoms with van der Waals surface area (Å²) in [5.41, 5.74) is 2.01. The van der Waals surface area contributed by atoms with Gasteiger partial charge < -0.3 is 4.57 Å². The summed E-state index contributed by atoms with van der Waals surface area (Å²) in [6.45, 7) is 2.82. The van der Waals surface area contributed by atoms with E-state index in [1.54, 1.807) is 35.7 Å². The molecule has 0 fully saturated rings. The molecule has 29 heavy (non-hydrogen) atoms. The summed E-state index contributed by atoms with van der Waals surface area (Å²) in [6.07, 6.45) is 0. The molecule has 2 aromatic carbocycles. The molecule has 0 N–H and O–H groups in total. The Bertz CT molecular complexity index is 976. The third kappa shape index (κ3) is 5.66. The molecule has 0 amide bonds. The topological polar surface area (TPSA) is 73.8 Å². The molecule has 0 bridgehead atoms. The molecule has 0 spiro atoms. The normalized spacial score (nSPS) is 11.0. The van der Waals surface area contributed by atoms with E-state index in [-0.39, 0.29) is 5.69 Å². The smallest absolute Gasteiger partial charge is 0.269 e. The standard InChI is InChI=1S/C19H18Cl2N4O2S2/c1-2-24-18(12-28-11-15-16(20)4-3-5-17(15)21)22-23-19(24)29-10-13-6-8-14(9-7-13)25(26)27/h3-9H,2,10-12H2,1H3. The molecule has 152 valence electrons. The van der Waals surface area contributed by atoms with Crippen molar-refractivity contribution in [2.24, 2.45) is 0 Å². The first-order valence-electron chi connectivity index (χ1n) is 8.78. The number of nitro benzene ring substituents is 1. The number of hydrogen-bond donors (Lipinski definition) is 0. The quantitative estimate of drug-likeness (QED) is 0.210. The Labute approximate surface area is 187 Å². The van der Waals surface area contributed by atoms with E-state index < -0.39 is 4.92 Å². The highest BCUT2D eigenvalue weighted by Gasteiger charge is 2.13. The second-order valence-corrected chi connectivity index (χ2v) is 8.79. The Hall–Kier alpha value is -1.74. The van der Waals surface area contributed by atoms with Gasteiger partial charge in [-0.1, -0.05) is 53.2 Å². The maximum absolute atomic E-state index is 10.8. The van der Waals surface area contributed by atoms with Gasteiger partial charge in [0.1, 0.15) is 5.82 Å². The monoisotopic (exact) mass is 468 g/mol. The van der Waals surface area contributed by atoms with E-state index in [1.807, 2.05) is 18.2 Å². The van der Waals surface area contributed by atoms with Crippen molar-refractivity contribution in [2.75, 3.05) is 0 Å². The molecule has 1 aromatic heterocycles. The third-order valence-electron chi connectivity index (χ3n) is 4.16. The zero-order chi connectivity index (χ0) is 20.8. The van der Waals surface area contributed by atoms with Crippen molar-refractivity contribution in [3.8, 4) is 0 Å². The van der Waals surface area contributed by atoms with Crippen molar-refractivity contribution in [1.29, 1.82) is 0 Å². The predicted molar refractivity (Wildman–Crippen MR) is 120 cm³/mol. The van der Waals surface area contributed by atoms with Crippen LogP contribution in [0.4, 0.5) is 5.69 Å². The Morgan fingerprint density at radius 1 is 1.03 bits per heavy atom.